The van der Waals surface area contributed by atoms with E-state index in [1.165, 1.54) is 0 Å². The number of hydrogen-bond donors (Lipinski definition) is 0. The molecule has 0 N–H and O–H groups in total. The summed E-state index contributed by atoms with van der Waals surface area (Å²) in [6.07, 6.45) is -7.94. The second kappa shape index (κ2) is 4.22. The van der Waals surface area contributed by atoms with E-state index in [9.17, 15) is 22.0 Å². The van der Waals surface area contributed by atoms with Crippen LogP contribution in [-0.4, -0.2) is 4.98 Å². The van der Waals surface area contributed by atoms with Gasteiger partial charge in [-0.25, -0.2) is 8.78 Å². The van der Waals surface area contributed by atoms with Crippen molar-refractivity contribution in [1.29, 1.82) is 5.26 Å². The molecule has 0 saturated heterocycles. The maximum atomic E-state index is 12.5. The first-order valence-corrected chi connectivity index (χ1v) is 4.10. The highest BCUT2D eigenvalue weighted by molar-refractivity contribution is 6.31. The maximum absolute atomic E-state index is 12.5. The van der Waals surface area contributed by atoms with Crippen molar-refractivity contribution >= 4 is 11.6 Å². The highest BCUT2D eigenvalue weighted by atomic mass is 35.5. The summed E-state index contributed by atoms with van der Waals surface area (Å²) < 4.78 is 61.9. The van der Waals surface area contributed by atoms with E-state index in [4.69, 9.17) is 16.9 Å². The van der Waals surface area contributed by atoms with Crippen LogP contribution < -0.4 is 0 Å². The summed E-state index contributed by atoms with van der Waals surface area (Å²) in [4.78, 5) is 2.90. The van der Waals surface area contributed by atoms with Crippen LogP contribution in [0.15, 0.2) is 6.20 Å². The van der Waals surface area contributed by atoms with Crippen molar-refractivity contribution in [2.45, 2.75) is 12.6 Å². The van der Waals surface area contributed by atoms with E-state index in [1.54, 1.807) is 0 Å². The molecule has 0 spiro atoms. The van der Waals surface area contributed by atoms with Crippen molar-refractivity contribution in [3.8, 4) is 6.07 Å². The molecule has 0 aliphatic carbocycles. The number of rotatable bonds is 1. The van der Waals surface area contributed by atoms with Crippen molar-refractivity contribution in [3.05, 3.63) is 28.0 Å². The summed E-state index contributed by atoms with van der Waals surface area (Å²) >= 11 is 5.28. The number of hydrogen-bond acceptors (Lipinski definition) is 2. The third-order valence-corrected chi connectivity index (χ3v) is 1.95. The van der Waals surface area contributed by atoms with Crippen LogP contribution in [0.3, 0.4) is 0 Å². The van der Waals surface area contributed by atoms with E-state index in [0.29, 0.717) is 6.20 Å². The SMILES string of the molecule is N#Cc1c(Cl)cnc(C(F)F)c1C(F)(F)F. The highest BCUT2D eigenvalue weighted by Crippen LogP contribution is 2.39. The lowest BCUT2D eigenvalue weighted by atomic mass is 10.1. The van der Waals surface area contributed by atoms with Crippen LogP contribution >= 0.6 is 11.6 Å². The largest absolute Gasteiger partial charge is 0.419 e. The van der Waals surface area contributed by atoms with Gasteiger partial charge >= 0.3 is 6.18 Å². The molecule has 2 nitrogen and oxygen atoms in total. The second-order valence-corrected chi connectivity index (χ2v) is 3.06. The summed E-state index contributed by atoms with van der Waals surface area (Å²) in [7, 11) is 0. The minimum Gasteiger partial charge on any atom is -0.253 e. The number of nitrogens with zero attached hydrogens (tertiary/aromatic N) is 2. The van der Waals surface area contributed by atoms with E-state index >= 15 is 0 Å². The molecule has 0 amide bonds. The minimum absolute atomic E-state index is 0.594. The molecule has 8 heteroatoms. The summed E-state index contributed by atoms with van der Waals surface area (Å²) in [6.45, 7) is 0. The van der Waals surface area contributed by atoms with Crippen LogP contribution in [-0.2, 0) is 6.18 Å². The van der Waals surface area contributed by atoms with Gasteiger partial charge < -0.3 is 0 Å². The Morgan fingerprint density at radius 2 is 1.94 bits per heavy atom. The molecule has 0 aromatic carbocycles. The molecule has 0 radical (unpaired) electrons. The Kier molecular flexibility index (Phi) is 3.33. The van der Waals surface area contributed by atoms with Gasteiger partial charge in [-0.3, -0.25) is 4.98 Å². The van der Waals surface area contributed by atoms with Crippen molar-refractivity contribution < 1.29 is 22.0 Å². The predicted octanol–water partition coefficient (Wildman–Crippen LogP) is 3.56. The number of pyridine rings is 1. The Morgan fingerprint density at radius 1 is 1.38 bits per heavy atom. The van der Waals surface area contributed by atoms with E-state index < -0.39 is 34.4 Å². The van der Waals surface area contributed by atoms with Gasteiger partial charge in [-0.15, -0.1) is 0 Å². The molecule has 0 aliphatic heterocycles. The number of aromatic nitrogens is 1. The van der Waals surface area contributed by atoms with E-state index in [1.807, 2.05) is 0 Å². The predicted molar refractivity (Wildman–Crippen MR) is 43.9 cm³/mol. The molecule has 1 aromatic heterocycles. The normalized spacial score (nSPS) is 11.6. The Labute approximate surface area is 91.3 Å². The van der Waals surface area contributed by atoms with Crippen LogP contribution in [0.5, 0.6) is 0 Å². The number of nitriles is 1. The van der Waals surface area contributed by atoms with Crippen LogP contribution in [0.1, 0.15) is 23.2 Å². The van der Waals surface area contributed by atoms with Crippen molar-refractivity contribution in [2.75, 3.05) is 0 Å². The molecule has 86 valence electrons. The standard InChI is InChI=1S/C8H2ClF5N2/c9-4-2-16-6(7(10)11)5(3(4)1-15)8(12,13)14/h2,7H. The molecule has 0 fully saturated rings. The molecule has 1 aromatic rings. The molecule has 1 rings (SSSR count). The zero-order valence-corrected chi connectivity index (χ0v) is 8.07. The monoisotopic (exact) mass is 256 g/mol. The average molecular weight is 257 g/mol. The molecule has 0 atom stereocenters. The topological polar surface area (TPSA) is 36.7 Å². The molecular weight excluding hydrogens is 255 g/mol. The van der Waals surface area contributed by atoms with Gasteiger partial charge in [0.1, 0.15) is 17.3 Å². The fourth-order valence-electron chi connectivity index (χ4n) is 1.06. The summed E-state index contributed by atoms with van der Waals surface area (Å²) in [6, 6.07) is 1.14. The van der Waals surface area contributed by atoms with E-state index in [0.717, 1.165) is 6.07 Å². The minimum atomic E-state index is -5.10. The Bertz CT molecular complexity index is 449. The first-order chi connectivity index (χ1) is 7.29. The second-order valence-electron chi connectivity index (χ2n) is 2.65. The molecule has 0 aliphatic rings. The molecule has 0 unspecified atom stereocenters. The van der Waals surface area contributed by atoms with Gasteiger partial charge in [-0.1, -0.05) is 11.6 Å². The Balaban J connectivity index is 3.63. The Morgan fingerprint density at radius 3 is 2.31 bits per heavy atom. The maximum Gasteiger partial charge on any atom is 0.419 e. The molecule has 0 saturated carbocycles. The van der Waals surface area contributed by atoms with Gasteiger partial charge in [-0.2, -0.15) is 18.4 Å². The lowest BCUT2D eigenvalue weighted by Gasteiger charge is -2.13. The smallest absolute Gasteiger partial charge is 0.253 e. The average Bonchev–Trinajstić information content (AvgIpc) is 2.15. The van der Waals surface area contributed by atoms with Crippen LogP contribution in [0, 0.1) is 11.3 Å². The van der Waals surface area contributed by atoms with Crippen LogP contribution in [0.2, 0.25) is 5.02 Å². The fraction of sp³-hybridized carbons (Fsp3) is 0.250. The zero-order chi connectivity index (χ0) is 12.5. The number of alkyl halides is 5. The van der Waals surface area contributed by atoms with Crippen molar-refractivity contribution in [3.63, 3.8) is 0 Å². The number of halogens is 6. The van der Waals surface area contributed by atoms with Gasteiger partial charge in [0.05, 0.1) is 10.6 Å². The zero-order valence-electron chi connectivity index (χ0n) is 7.32. The summed E-state index contributed by atoms with van der Waals surface area (Å²) in [5.74, 6) is 0. The molecule has 16 heavy (non-hydrogen) atoms. The Hall–Kier alpha value is -1.42. The van der Waals surface area contributed by atoms with Gasteiger partial charge in [-0.05, 0) is 0 Å². The van der Waals surface area contributed by atoms with Crippen molar-refractivity contribution in [1.82, 2.24) is 4.98 Å². The van der Waals surface area contributed by atoms with Crippen LogP contribution in [0.25, 0.3) is 0 Å². The molecule has 1 heterocycles. The van der Waals surface area contributed by atoms with Crippen molar-refractivity contribution in [2.24, 2.45) is 0 Å². The van der Waals surface area contributed by atoms with Crippen LogP contribution in [0.4, 0.5) is 22.0 Å². The fourth-order valence-corrected chi connectivity index (χ4v) is 1.25. The van der Waals surface area contributed by atoms with E-state index in [-0.39, 0.29) is 0 Å². The lowest BCUT2D eigenvalue weighted by molar-refractivity contribution is -0.140. The summed E-state index contributed by atoms with van der Waals surface area (Å²) in [5.41, 5.74) is -4.31. The summed E-state index contributed by atoms with van der Waals surface area (Å²) in [5, 5.41) is 7.85. The highest BCUT2D eigenvalue weighted by Gasteiger charge is 2.40. The molecule has 0 bridgehead atoms. The van der Waals surface area contributed by atoms with Gasteiger partial charge in [0.25, 0.3) is 6.43 Å². The first-order valence-electron chi connectivity index (χ1n) is 3.73. The quantitative estimate of drug-likeness (QED) is 0.720. The third-order valence-electron chi connectivity index (χ3n) is 1.66. The van der Waals surface area contributed by atoms with E-state index in [2.05, 4.69) is 4.98 Å². The van der Waals surface area contributed by atoms with Gasteiger partial charge in [0.2, 0.25) is 0 Å². The third kappa shape index (κ3) is 2.22. The lowest BCUT2D eigenvalue weighted by Crippen LogP contribution is -2.14. The van der Waals surface area contributed by atoms with Gasteiger partial charge in [0, 0.05) is 6.20 Å². The molecular formula is C8H2ClF5N2. The first kappa shape index (κ1) is 12.6. The van der Waals surface area contributed by atoms with Gasteiger partial charge in [0.15, 0.2) is 0 Å².